The molecule has 2 aromatic heterocycles. The van der Waals surface area contributed by atoms with Crippen LogP contribution >= 0.6 is 0 Å². The van der Waals surface area contributed by atoms with E-state index < -0.39 is 0 Å². The summed E-state index contributed by atoms with van der Waals surface area (Å²) in [6.45, 7) is 0. The van der Waals surface area contributed by atoms with E-state index in [1.54, 1.807) is 30.7 Å². The molecule has 0 unspecified atom stereocenters. The third kappa shape index (κ3) is 1.54. The molecule has 64 valence electrons. The van der Waals surface area contributed by atoms with Crippen molar-refractivity contribution < 1.29 is 4.39 Å². The number of nitrogens with zero attached hydrogens (tertiary/aromatic N) is 2. The summed E-state index contributed by atoms with van der Waals surface area (Å²) in [5.74, 6) is -0.324. The number of pyridine rings is 2. The van der Waals surface area contributed by atoms with Gasteiger partial charge in [0.1, 0.15) is 5.82 Å². The first-order chi connectivity index (χ1) is 6.38. The molecule has 0 saturated carbocycles. The maximum atomic E-state index is 13.2. The van der Waals surface area contributed by atoms with Crippen LogP contribution in [0.4, 0.5) is 4.39 Å². The molecule has 3 heteroatoms. The lowest BCUT2D eigenvalue weighted by Gasteiger charge is -2.00. The summed E-state index contributed by atoms with van der Waals surface area (Å²) in [6.07, 6.45) is 6.04. The highest BCUT2D eigenvalue weighted by molar-refractivity contribution is 5.61. The Hall–Kier alpha value is -1.77. The van der Waals surface area contributed by atoms with E-state index in [1.165, 1.54) is 6.20 Å². The molecule has 2 rings (SSSR count). The molecule has 2 nitrogen and oxygen atoms in total. The van der Waals surface area contributed by atoms with Gasteiger partial charge in [-0.2, -0.15) is 0 Å². The van der Waals surface area contributed by atoms with Gasteiger partial charge in [-0.15, -0.1) is 0 Å². The number of aromatic nitrogens is 2. The van der Waals surface area contributed by atoms with Gasteiger partial charge in [-0.3, -0.25) is 9.97 Å². The Labute approximate surface area is 75.1 Å². The second-order valence-corrected chi connectivity index (χ2v) is 2.60. The monoisotopic (exact) mass is 174 g/mol. The lowest BCUT2D eigenvalue weighted by atomic mass is 10.1. The summed E-state index contributed by atoms with van der Waals surface area (Å²) >= 11 is 0. The molecule has 0 saturated heterocycles. The Bertz CT molecular complexity index is 401. The molecule has 0 bridgehead atoms. The summed E-state index contributed by atoms with van der Waals surface area (Å²) in [5, 5.41) is 0. The molecule has 2 aromatic rings. The van der Waals surface area contributed by atoms with Crippen LogP contribution in [0, 0.1) is 5.82 Å². The van der Waals surface area contributed by atoms with E-state index >= 15 is 0 Å². The predicted molar refractivity (Wildman–Crippen MR) is 47.4 cm³/mol. The third-order valence-corrected chi connectivity index (χ3v) is 1.74. The van der Waals surface area contributed by atoms with Crippen LogP contribution < -0.4 is 0 Å². The zero-order chi connectivity index (χ0) is 9.10. The Morgan fingerprint density at radius 2 is 1.85 bits per heavy atom. The fourth-order valence-electron chi connectivity index (χ4n) is 1.13. The molecule has 0 N–H and O–H groups in total. The van der Waals surface area contributed by atoms with Crippen molar-refractivity contribution in [2.24, 2.45) is 0 Å². The molecule has 13 heavy (non-hydrogen) atoms. The zero-order valence-electron chi connectivity index (χ0n) is 6.81. The minimum Gasteiger partial charge on any atom is -0.264 e. The summed E-state index contributed by atoms with van der Waals surface area (Å²) in [5.41, 5.74) is 1.30. The van der Waals surface area contributed by atoms with Crippen LogP contribution in [-0.4, -0.2) is 9.97 Å². The van der Waals surface area contributed by atoms with Gasteiger partial charge in [-0.1, -0.05) is 6.07 Å². The Morgan fingerprint density at radius 3 is 2.54 bits per heavy atom. The van der Waals surface area contributed by atoms with Gasteiger partial charge in [0.05, 0.1) is 6.20 Å². The topological polar surface area (TPSA) is 25.8 Å². The molecular formula is C10H7FN2. The molecule has 0 aliphatic heterocycles. The highest BCUT2D eigenvalue weighted by Crippen LogP contribution is 2.19. The van der Waals surface area contributed by atoms with E-state index in [2.05, 4.69) is 9.97 Å². The highest BCUT2D eigenvalue weighted by atomic mass is 19.1. The number of hydrogen-bond acceptors (Lipinski definition) is 2. The third-order valence-electron chi connectivity index (χ3n) is 1.74. The molecule has 0 aliphatic carbocycles. The lowest BCUT2D eigenvalue weighted by molar-refractivity contribution is 0.625. The van der Waals surface area contributed by atoms with E-state index in [0.29, 0.717) is 5.56 Å². The van der Waals surface area contributed by atoms with Gasteiger partial charge in [0, 0.05) is 29.7 Å². The largest absolute Gasteiger partial charge is 0.264 e. The maximum Gasteiger partial charge on any atom is 0.149 e. The normalized spacial score (nSPS) is 9.92. The van der Waals surface area contributed by atoms with Gasteiger partial charge in [-0.25, -0.2) is 4.39 Å². The van der Waals surface area contributed by atoms with E-state index in [0.717, 1.165) is 5.56 Å². The minimum atomic E-state index is -0.324. The average molecular weight is 174 g/mol. The maximum absolute atomic E-state index is 13.2. The number of hydrogen-bond donors (Lipinski definition) is 0. The Kier molecular flexibility index (Phi) is 2.00. The first kappa shape index (κ1) is 7.86. The molecule has 0 fully saturated rings. The minimum absolute atomic E-state index is 0.324. The molecule has 0 aromatic carbocycles. The average Bonchev–Trinajstić information content (AvgIpc) is 2.20. The standard InChI is InChI=1S/C10H7FN2/c11-10-7-13-5-3-9(10)8-2-1-4-12-6-8/h1-7H. The van der Waals surface area contributed by atoms with Crippen LogP contribution in [0.2, 0.25) is 0 Å². The smallest absolute Gasteiger partial charge is 0.149 e. The number of halogens is 1. The van der Waals surface area contributed by atoms with Crippen molar-refractivity contribution in [3.8, 4) is 11.1 Å². The van der Waals surface area contributed by atoms with Crippen LogP contribution in [0.1, 0.15) is 0 Å². The first-order valence-corrected chi connectivity index (χ1v) is 3.88. The quantitative estimate of drug-likeness (QED) is 0.662. The summed E-state index contributed by atoms with van der Waals surface area (Å²) in [7, 11) is 0. The van der Waals surface area contributed by atoms with Crippen molar-refractivity contribution in [3.63, 3.8) is 0 Å². The number of rotatable bonds is 1. The van der Waals surface area contributed by atoms with Crippen molar-refractivity contribution in [2.45, 2.75) is 0 Å². The van der Waals surface area contributed by atoms with Crippen LogP contribution in [0.5, 0.6) is 0 Å². The van der Waals surface area contributed by atoms with Crippen LogP contribution in [0.3, 0.4) is 0 Å². The molecule has 0 spiro atoms. The molecule has 0 radical (unpaired) electrons. The van der Waals surface area contributed by atoms with Crippen molar-refractivity contribution >= 4 is 0 Å². The van der Waals surface area contributed by atoms with Crippen LogP contribution in [0.15, 0.2) is 43.0 Å². The highest BCUT2D eigenvalue weighted by Gasteiger charge is 2.02. The summed E-state index contributed by atoms with van der Waals surface area (Å²) < 4.78 is 13.2. The fourth-order valence-corrected chi connectivity index (χ4v) is 1.13. The van der Waals surface area contributed by atoms with Crippen molar-refractivity contribution in [2.75, 3.05) is 0 Å². The first-order valence-electron chi connectivity index (χ1n) is 3.88. The molecule has 2 heterocycles. The molecule has 0 atom stereocenters. The van der Waals surface area contributed by atoms with Gasteiger partial charge in [0.2, 0.25) is 0 Å². The summed E-state index contributed by atoms with van der Waals surface area (Å²) in [6, 6.07) is 5.22. The van der Waals surface area contributed by atoms with Crippen molar-refractivity contribution in [3.05, 3.63) is 48.8 Å². The van der Waals surface area contributed by atoms with Gasteiger partial charge < -0.3 is 0 Å². The Balaban J connectivity index is 2.54. The summed E-state index contributed by atoms with van der Waals surface area (Å²) in [4.78, 5) is 7.59. The second-order valence-electron chi connectivity index (χ2n) is 2.60. The van der Waals surface area contributed by atoms with Gasteiger partial charge in [0.15, 0.2) is 0 Å². The van der Waals surface area contributed by atoms with Gasteiger partial charge >= 0.3 is 0 Å². The lowest BCUT2D eigenvalue weighted by Crippen LogP contribution is -1.85. The van der Waals surface area contributed by atoms with E-state index in [9.17, 15) is 4.39 Å². The van der Waals surface area contributed by atoms with Gasteiger partial charge in [0.25, 0.3) is 0 Å². The van der Waals surface area contributed by atoms with Crippen LogP contribution in [-0.2, 0) is 0 Å². The van der Waals surface area contributed by atoms with Crippen LogP contribution in [0.25, 0.3) is 11.1 Å². The molecule has 0 aliphatic rings. The predicted octanol–water partition coefficient (Wildman–Crippen LogP) is 2.28. The van der Waals surface area contributed by atoms with E-state index in [4.69, 9.17) is 0 Å². The molecular weight excluding hydrogens is 167 g/mol. The second kappa shape index (κ2) is 3.31. The van der Waals surface area contributed by atoms with Crippen molar-refractivity contribution in [1.29, 1.82) is 0 Å². The van der Waals surface area contributed by atoms with Crippen molar-refractivity contribution in [1.82, 2.24) is 9.97 Å². The van der Waals surface area contributed by atoms with Gasteiger partial charge in [-0.05, 0) is 12.1 Å². The SMILES string of the molecule is Fc1cnccc1-c1cccnc1. The van der Waals surface area contributed by atoms with E-state index in [-0.39, 0.29) is 5.82 Å². The molecule has 0 amide bonds. The Morgan fingerprint density at radius 1 is 1.00 bits per heavy atom. The zero-order valence-corrected chi connectivity index (χ0v) is 6.81. The fraction of sp³-hybridized carbons (Fsp3) is 0. The van der Waals surface area contributed by atoms with E-state index in [1.807, 2.05) is 6.07 Å².